The minimum Gasteiger partial charge on any atom is -0.464 e. The predicted molar refractivity (Wildman–Crippen MR) is 103 cm³/mol. The highest BCUT2D eigenvalue weighted by Gasteiger charge is 2.34. The van der Waals surface area contributed by atoms with Crippen molar-refractivity contribution < 1.29 is 32.3 Å². The van der Waals surface area contributed by atoms with Crippen molar-refractivity contribution in [2.24, 2.45) is 0 Å². The van der Waals surface area contributed by atoms with E-state index in [4.69, 9.17) is 9.15 Å². The van der Waals surface area contributed by atoms with Gasteiger partial charge in [0.05, 0.1) is 35.9 Å². The zero-order valence-electron chi connectivity index (χ0n) is 16.1. The molecule has 1 aliphatic rings. The Morgan fingerprint density at radius 3 is 2.42 bits per heavy atom. The second kappa shape index (κ2) is 8.47. The SMILES string of the molecule is O=C(CCc1ncc(-c2ccc(F)cc2F)o1)OCCN1C(=O)c2ccccc2C1=O. The molecule has 0 aliphatic carbocycles. The van der Waals surface area contributed by atoms with E-state index in [1.165, 1.54) is 12.3 Å². The number of hydrogen-bond donors (Lipinski definition) is 0. The van der Waals surface area contributed by atoms with E-state index in [2.05, 4.69) is 4.98 Å². The number of fused-ring (bicyclic) bond motifs is 1. The maximum Gasteiger partial charge on any atom is 0.306 e. The van der Waals surface area contributed by atoms with Crippen LogP contribution in [0.25, 0.3) is 11.3 Å². The molecule has 0 bridgehead atoms. The van der Waals surface area contributed by atoms with Crippen LogP contribution in [-0.4, -0.2) is 40.8 Å². The summed E-state index contributed by atoms with van der Waals surface area (Å²) in [5.41, 5.74) is 0.718. The quantitative estimate of drug-likeness (QED) is 0.425. The third kappa shape index (κ3) is 4.20. The molecule has 0 saturated heterocycles. The van der Waals surface area contributed by atoms with Crippen LogP contribution in [0.3, 0.4) is 0 Å². The molecule has 0 N–H and O–H groups in total. The zero-order valence-corrected chi connectivity index (χ0v) is 16.1. The lowest BCUT2D eigenvalue weighted by molar-refractivity contribution is -0.143. The van der Waals surface area contributed by atoms with E-state index in [1.54, 1.807) is 24.3 Å². The van der Waals surface area contributed by atoms with Gasteiger partial charge < -0.3 is 9.15 Å². The predicted octanol–water partition coefficient (Wildman–Crippen LogP) is 3.39. The number of carbonyl (C=O) groups excluding carboxylic acids is 3. The van der Waals surface area contributed by atoms with E-state index in [-0.39, 0.29) is 43.2 Å². The largest absolute Gasteiger partial charge is 0.464 e. The van der Waals surface area contributed by atoms with Gasteiger partial charge in [-0.25, -0.2) is 13.8 Å². The molecule has 1 aliphatic heterocycles. The first-order valence-corrected chi connectivity index (χ1v) is 9.45. The summed E-state index contributed by atoms with van der Waals surface area (Å²) in [5, 5.41) is 0. The first kappa shape index (κ1) is 20.4. The van der Waals surface area contributed by atoms with Gasteiger partial charge in [-0.3, -0.25) is 19.3 Å². The molecule has 9 heteroatoms. The van der Waals surface area contributed by atoms with Crippen molar-refractivity contribution in [1.29, 1.82) is 0 Å². The highest BCUT2D eigenvalue weighted by molar-refractivity contribution is 6.21. The number of hydrogen-bond acceptors (Lipinski definition) is 6. The highest BCUT2D eigenvalue weighted by atomic mass is 19.1. The number of benzene rings is 2. The number of oxazole rings is 1. The second-order valence-corrected chi connectivity index (χ2v) is 6.77. The smallest absolute Gasteiger partial charge is 0.306 e. The van der Waals surface area contributed by atoms with E-state index in [0.717, 1.165) is 17.0 Å². The molecule has 0 saturated carbocycles. The van der Waals surface area contributed by atoms with Crippen LogP contribution in [0.1, 0.15) is 33.0 Å². The van der Waals surface area contributed by atoms with Crippen LogP contribution in [0.2, 0.25) is 0 Å². The summed E-state index contributed by atoms with van der Waals surface area (Å²) >= 11 is 0. The lowest BCUT2D eigenvalue weighted by Crippen LogP contribution is -2.33. The maximum atomic E-state index is 13.8. The van der Waals surface area contributed by atoms with Crippen LogP contribution in [0.4, 0.5) is 8.78 Å². The van der Waals surface area contributed by atoms with E-state index in [1.807, 2.05) is 0 Å². The summed E-state index contributed by atoms with van der Waals surface area (Å²) in [6.45, 7) is -0.187. The molecule has 4 rings (SSSR count). The molecule has 2 heterocycles. The molecule has 1 aromatic heterocycles. The number of nitrogens with zero attached hydrogens (tertiary/aromatic N) is 2. The Balaban J connectivity index is 1.26. The number of rotatable bonds is 7. The number of aryl methyl sites for hydroxylation is 1. The van der Waals surface area contributed by atoms with Crippen LogP contribution in [-0.2, 0) is 16.0 Å². The molecule has 0 atom stereocenters. The number of amides is 2. The zero-order chi connectivity index (χ0) is 22.0. The van der Waals surface area contributed by atoms with Gasteiger partial charge in [0, 0.05) is 12.5 Å². The van der Waals surface area contributed by atoms with Crippen LogP contribution < -0.4 is 0 Å². The minimum atomic E-state index is -0.782. The molecule has 158 valence electrons. The molecule has 0 radical (unpaired) electrons. The highest BCUT2D eigenvalue weighted by Crippen LogP contribution is 2.25. The van der Waals surface area contributed by atoms with Crippen molar-refractivity contribution in [3.8, 4) is 11.3 Å². The Morgan fingerprint density at radius 2 is 1.74 bits per heavy atom. The molecule has 31 heavy (non-hydrogen) atoms. The van der Waals surface area contributed by atoms with Crippen LogP contribution in [0.15, 0.2) is 53.1 Å². The van der Waals surface area contributed by atoms with Gasteiger partial charge in [-0.05, 0) is 24.3 Å². The number of ether oxygens (including phenoxy) is 1. The van der Waals surface area contributed by atoms with Crippen molar-refractivity contribution in [3.63, 3.8) is 0 Å². The van der Waals surface area contributed by atoms with Gasteiger partial charge in [-0.2, -0.15) is 0 Å². The standard InChI is InChI=1S/C22H16F2N2O5/c23-13-5-6-16(17(24)11-13)18-12-25-19(31-18)7-8-20(27)30-10-9-26-21(28)14-3-1-2-4-15(14)22(26)29/h1-6,11-12H,7-10H2. The molecule has 7 nitrogen and oxygen atoms in total. The fourth-order valence-corrected chi connectivity index (χ4v) is 3.21. The number of imide groups is 1. The van der Waals surface area contributed by atoms with Crippen LogP contribution >= 0.6 is 0 Å². The molecule has 2 aromatic carbocycles. The van der Waals surface area contributed by atoms with Gasteiger partial charge in [-0.15, -0.1) is 0 Å². The van der Waals surface area contributed by atoms with Gasteiger partial charge in [0.15, 0.2) is 11.7 Å². The van der Waals surface area contributed by atoms with Crippen molar-refractivity contribution >= 4 is 17.8 Å². The van der Waals surface area contributed by atoms with Gasteiger partial charge in [0.1, 0.15) is 18.2 Å². The summed E-state index contributed by atoms with van der Waals surface area (Å²) in [7, 11) is 0. The van der Waals surface area contributed by atoms with Gasteiger partial charge in [-0.1, -0.05) is 12.1 Å². The second-order valence-electron chi connectivity index (χ2n) is 6.77. The van der Waals surface area contributed by atoms with Crippen molar-refractivity contribution in [2.45, 2.75) is 12.8 Å². The molecular weight excluding hydrogens is 410 g/mol. The third-order valence-corrected chi connectivity index (χ3v) is 4.75. The minimum absolute atomic E-state index is 0.0505. The van der Waals surface area contributed by atoms with E-state index in [9.17, 15) is 23.2 Å². The topological polar surface area (TPSA) is 89.7 Å². The fraction of sp³-hybridized carbons (Fsp3) is 0.182. The Kier molecular flexibility index (Phi) is 5.57. The van der Waals surface area contributed by atoms with Crippen molar-refractivity contribution in [1.82, 2.24) is 9.88 Å². The Labute approximate surface area is 175 Å². The van der Waals surface area contributed by atoms with E-state index < -0.39 is 29.4 Å². The fourth-order valence-electron chi connectivity index (χ4n) is 3.21. The van der Waals surface area contributed by atoms with E-state index in [0.29, 0.717) is 11.1 Å². The average molecular weight is 426 g/mol. The van der Waals surface area contributed by atoms with Crippen LogP contribution in [0, 0.1) is 11.6 Å². The van der Waals surface area contributed by atoms with Gasteiger partial charge in [0.25, 0.3) is 11.8 Å². The normalized spacial score (nSPS) is 12.9. The summed E-state index contributed by atoms with van der Waals surface area (Å²) in [5.74, 6) is -2.58. The summed E-state index contributed by atoms with van der Waals surface area (Å²) in [4.78, 5) is 41.5. The van der Waals surface area contributed by atoms with Crippen molar-refractivity contribution in [3.05, 3.63) is 77.3 Å². The molecule has 0 unspecified atom stereocenters. The van der Waals surface area contributed by atoms with Gasteiger partial charge in [0.2, 0.25) is 0 Å². The first-order valence-electron chi connectivity index (χ1n) is 9.45. The molecule has 3 aromatic rings. The average Bonchev–Trinajstić information content (AvgIpc) is 3.31. The number of esters is 1. The molecule has 0 spiro atoms. The summed E-state index contributed by atoms with van der Waals surface area (Å²) in [6, 6.07) is 9.57. The number of halogens is 2. The first-order chi connectivity index (χ1) is 14.9. The Morgan fingerprint density at radius 1 is 1.03 bits per heavy atom. The summed E-state index contributed by atoms with van der Waals surface area (Å²) in [6.07, 6.45) is 1.34. The Bertz CT molecular complexity index is 1140. The lowest BCUT2D eigenvalue weighted by atomic mass is 10.1. The summed E-state index contributed by atoms with van der Waals surface area (Å²) < 4.78 is 37.3. The van der Waals surface area contributed by atoms with Crippen LogP contribution in [0.5, 0.6) is 0 Å². The number of carbonyl (C=O) groups is 3. The van der Waals surface area contributed by atoms with Gasteiger partial charge >= 0.3 is 5.97 Å². The molecule has 0 fully saturated rings. The lowest BCUT2D eigenvalue weighted by Gasteiger charge is -2.13. The van der Waals surface area contributed by atoms with E-state index >= 15 is 0 Å². The molecule has 2 amide bonds. The van der Waals surface area contributed by atoms with Crippen molar-refractivity contribution in [2.75, 3.05) is 13.2 Å². The molecular formula is C22H16F2N2O5. The number of aromatic nitrogens is 1. The Hall–Kier alpha value is -3.88. The third-order valence-electron chi connectivity index (χ3n) is 4.75. The maximum absolute atomic E-state index is 13.8. The monoisotopic (exact) mass is 426 g/mol.